The largest absolute Gasteiger partial charge is 0.303 e. The van der Waals surface area contributed by atoms with E-state index in [0.29, 0.717) is 12.1 Å². The summed E-state index contributed by atoms with van der Waals surface area (Å²) in [5, 5.41) is 5.90. The molecule has 1 nitrogen and oxygen atoms in total. The van der Waals surface area contributed by atoms with Crippen LogP contribution in [-0.2, 0) is 6.42 Å². The van der Waals surface area contributed by atoms with Gasteiger partial charge >= 0.3 is 0 Å². The van der Waals surface area contributed by atoms with E-state index in [0.717, 1.165) is 0 Å². The van der Waals surface area contributed by atoms with E-state index in [1.165, 1.54) is 28.8 Å². The summed E-state index contributed by atoms with van der Waals surface area (Å²) in [4.78, 5) is 1.43. The predicted octanol–water partition coefficient (Wildman–Crippen LogP) is 4.09. The highest BCUT2D eigenvalue weighted by molar-refractivity contribution is 7.10. The minimum absolute atomic E-state index is 0.450. The van der Waals surface area contributed by atoms with Crippen LogP contribution >= 0.6 is 11.3 Å². The Morgan fingerprint density at radius 1 is 1.24 bits per heavy atom. The summed E-state index contributed by atoms with van der Waals surface area (Å²) in [6.07, 6.45) is 2.44. The SMILES string of the molecule is C[C@@H](NC1CCc2ccccc21)c1cccs1. The van der Waals surface area contributed by atoms with E-state index in [4.69, 9.17) is 0 Å². The molecule has 2 heteroatoms. The second-order valence-electron chi connectivity index (χ2n) is 4.69. The van der Waals surface area contributed by atoms with Crippen LogP contribution in [0.15, 0.2) is 41.8 Å². The monoisotopic (exact) mass is 243 g/mol. The Balaban J connectivity index is 1.75. The molecular formula is C15H17NS. The number of fused-ring (bicyclic) bond motifs is 1. The maximum Gasteiger partial charge on any atom is 0.0391 e. The molecule has 1 aromatic carbocycles. The van der Waals surface area contributed by atoms with Crippen LogP contribution in [0.2, 0.25) is 0 Å². The minimum Gasteiger partial charge on any atom is -0.303 e. The van der Waals surface area contributed by atoms with Gasteiger partial charge in [-0.25, -0.2) is 0 Å². The normalized spacial score (nSPS) is 20.2. The van der Waals surface area contributed by atoms with Crippen LogP contribution < -0.4 is 5.32 Å². The molecule has 0 saturated heterocycles. The highest BCUT2D eigenvalue weighted by Crippen LogP contribution is 2.33. The molecule has 1 aliphatic rings. The van der Waals surface area contributed by atoms with Crippen molar-refractivity contribution in [1.82, 2.24) is 5.32 Å². The maximum absolute atomic E-state index is 3.75. The first-order valence-corrected chi connectivity index (χ1v) is 7.10. The molecule has 1 unspecified atom stereocenters. The van der Waals surface area contributed by atoms with Gasteiger partial charge in [-0.15, -0.1) is 11.3 Å². The van der Waals surface area contributed by atoms with Gasteiger partial charge < -0.3 is 5.32 Å². The fraction of sp³-hybridized carbons (Fsp3) is 0.333. The summed E-state index contributed by atoms with van der Waals surface area (Å²) in [5.74, 6) is 0. The summed E-state index contributed by atoms with van der Waals surface area (Å²) in [6, 6.07) is 14.1. The number of hydrogen-bond acceptors (Lipinski definition) is 2. The Bertz CT molecular complexity index is 489. The van der Waals surface area contributed by atoms with E-state index in [-0.39, 0.29) is 0 Å². The minimum atomic E-state index is 0.450. The van der Waals surface area contributed by atoms with Crippen LogP contribution in [0.3, 0.4) is 0 Å². The molecule has 2 atom stereocenters. The lowest BCUT2D eigenvalue weighted by Gasteiger charge is -2.19. The predicted molar refractivity (Wildman–Crippen MR) is 73.4 cm³/mol. The fourth-order valence-corrected chi connectivity index (χ4v) is 3.40. The number of rotatable bonds is 3. The molecule has 0 aliphatic heterocycles. The Labute approximate surface area is 106 Å². The molecule has 3 rings (SSSR count). The van der Waals surface area contributed by atoms with Crippen LogP contribution in [0.5, 0.6) is 0 Å². The van der Waals surface area contributed by atoms with Crippen molar-refractivity contribution in [3.8, 4) is 0 Å². The zero-order chi connectivity index (χ0) is 11.7. The second kappa shape index (κ2) is 4.63. The van der Waals surface area contributed by atoms with Crippen molar-refractivity contribution < 1.29 is 0 Å². The van der Waals surface area contributed by atoms with E-state index in [9.17, 15) is 0 Å². The summed E-state index contributed by atoms with van der Waals surface area (Å²) < 4.78 is 0. The lowest BCUT2D eigenvalue weighted by Crippen LogP contribution is -2.22. The number of thiophene rings is 1. The average Bonchev–Trinajstić information content (AvgIpc) is 2.98. The van der Waals surface area contributed by atoms with Crippen LogP contribution in [0.25, 0.3) is 0 Å². The molecule has 0 amide bonds. The van der Waals surface area contributed by atoms with Crippen molar-refractivity contribution in [3.05, 3.63) is 57.8 Å². The molecule has 0 saturated carbocycles. The summed E-state index contributed by atoms with van der Waals surface area (Å²) in [6.45, 7) is 2.26. The molecule has 0 spiro atoms. The quantitative estimate of drug-likeness (QED) is 0.856. The first-order chi connectivity index (χ1) is 8.34. The zero-order valence-corrected chi connectivity index (χ0v) is 10.8. The van der Waals surface area contributed by atoms with Crippen LogP contribution in [0, 0.1) is 0 Å². The average molecular weight is 243 g/mol. The van der Waals surface area contributed by atoms with E-state index in [2.05, 4.69) is 54.0 Å². The van der Waals surface area contributed by atoms with E-state index in [1.54, 1.807) is 0 Å². The molecule has 1 N–H and O–H groups in total. The van der Waals surface area contributed by atoms with E-state index in [1.807, 2.05) is 11.3 Å². The Kier molecular flexibility index (Phi) is 3.00. The highest BCUT2D eigenvalue weighted by atomic mass is 32.1. The summed E-state index contributed by atoms with van der Waals surface area (Å²) >= 11 is 1.83. The van der Waals surface area contributed by atoms with Crippen molar-refractivity contribution in [2.75, 3.05) is 0 Å². The lowest BCUT2D eigenvalue weighted by molar-refractivity contribution is 0.469. The second-order valence-corrected chi connectivity index (χ2v) is 5.67. The van der Waals surface area contributed by atoms with E-state index < -0.39 is 0 Å². The van der Waals surface area contributed by atoms with Gasteiger partial charge in [0.05, 0.1) is 0 Å². The third-order valence-electron chi connectivity index (χ3n) is 3.55. The standard InChI is InChI=1S/C15H17NS/c1-11(15-7-4-10-17-15)16-14-9-8-12-5-2-3-6-13(12)14/h2-7,10-11,14,16H,8-9H2,1H3/t11-,14?/m1/s1. The summed E-state index contributed by atoms with van der Waals surface area (Å²) in [5.41, 5.74) is 3.01. The van der Waals surface area contributed by atoms with Gasteiger partial charge in [0.1, 0.15) is 0 Å². The van der Waals surface area contributed by atoms with Gasteiger partial charge in [-0.1, -0.05) is 30.3 Å². The van der Waals surface area contributed by atoms with Gasteiger partial charge in [0.15, 0.2) is 0 Å². The topological polar surface area (TPSA) is 12.0 Å². The van der Waals surface area contributed by atoms with Crippen molar-refractivity contribution in [2.45, 2.75) is 31.8 Å². The molecular weight excluding hydrogens is 226 g/mol. The number of benzene rings is 1. The fourth-order valence-electron chi connectivity index (χ4n) is 2.65. The third kappa shape index (κ3) is 2.15. The van der Waals surface area contributed by atoms with Crippen molar-refractivity contribution in [1.29, 1.82) is 0 Å². The van der Waals surface area contributed by atoms with Gasteiger partial charge in [-0.05, 0) is 42.3 Å². The summed E-state index contributed by atoms with van der Waals surface area (Å²) in [7, 11) is 0. The number of nitrogens with one attached hydrogen (secondary N) is 1. The first-order valence-electron chi connectivity index (χ1n) is 6.22. The van der Waals surface area contributed by atoms with Crippen LogP contribution in [0.4, 0.5) is 0 Å². The lowest BCUT2D eigenvalue weighted by atomic mass is 10.1. The van der Waals surface area contributed by atoms with Gasteiger partial charge in [0, 0.05) is 17.0 Å². The number of hydrogen-bond donors (Lipinski definition) is 1. The third-order valence-corrected chi connectivity index (χ3v) is 4.61. The van der Waals surface area contributed by atoms with Gasteiger partial charge in [-0.3, -0.25) is 0 Å². The molecule has 0 radical (unpaired) electrons. The molecule has 1 aliphatic carbocycles. The number of aryl methyl sites for hydroxylation is 1. The first kappa shape index (κ1) is 11.0. The molecule has 1 heterocycles. The van der Waals surface area contributed by atoms with Gasteiger partial charge in [-0.2, -0.15) is 0 Å². The Morgan fingerprint density at radius 3 is 2.94 bits per heavy atom. The van der Waals surface area contributed by atoms with Crippen molar-refractivity contribution in [2.24, 2.45) is 0 Å². The highest BCUT2D eigenvalue weighted by Gasteiger charge is 2.23. The van der Waals surface area contributed by atoms with Gasteiger partial charge in [0.25, 0.3) is 0 Å². The van der Waals surface area contributed by atoms with Crippen LogP contribution in [-0.4, -0.2) is 0 Å². The zero-order valence-electron chi connectivity index (χ0n) is 10.0. The molecule has 17 heavy (non-hydrogen) atoms. The Morgan fingerprint density at radius 2 is 2.12 bits per heavy atom. The Hall–Kier alpha value is -1.12. The maximum atomic E-state index is 3.75. The smallest absolute Gasteiger partial charge is 0.0391 e. The molecule has 1 aromatic heterocycles. The molecule has 0 fully saturated rings. The molecule has 2 aromatic rings. The molecule has 0 bridgehead atoms. The van der Waals surface area contributed by atoms with Gasteiger partial charge in [0.2, 0.25) is 0 Å². The van der Waals surface area contributed by atoms with E-state index >= 15 is 0 Å². The molecule has 88 valence electrons. The van der Waals surface area contributed by atoms with Crippen molar-refractivity contribution >= 4 is 11.3 Å². The van der Waals surface area contributed by atoms with Crippen LogP contribution in [0.1, 0.15) is 41.4 Å². The van der Waals surface area contributed by atoms with Crippen molar-refractivity contribution in [3.63, 3.8) is 0 Å².